The zero-order valence-electron chi connectivity index (χ0n) is 35.3. The molecule has 10 N–H and O–H groups in total. The molecule has 11 atom stereocenters. The van der Waals surface area contributed by atoms with Gasteiger partial charge in [0.15, 0.2) is 0 Å². The second-order valence-corrected chi connectivity index (χ2v) is 17.4. The summed E-state index contributed by atoms with van der Waals surface area (Å²) >= 11 is 0. The zero-order valence-corrected chi connectivity index (χ0v) is 35.3. The van der Waals surface area contributed by atoms with Gasteiger partial charge < -0.3 is 51.5 Å². The Hall–Kier alpha value is -3.83. The number of allylic oxidation sites excluding steroid dienone is 2. The van der Waals surface area contributed by atoms with Gasteiger partial charge in [0.2, 0.25) is 0 Å². The summed E-state index contributed by atoms with van der Waals surface area (Å²) in [7, 11) is 0. The topological polar surface area (TPSA) is 203 Å². The Balaban J connectivity index is 1.66. The maximum Gasteiger partial charge on any atom is 0.303 e. The normalized spacial score (nSPS) is 28.2. The van der Waals surface area contributed by atoms with Crippen molar-refractivity contribution < 1.29 is 45.6 Å². The quantitative estimate of drug-likeness (QED) is 0.0773. The first-order chi connectivity index (χ1) is 28.8. The average molecular weight is 829 g/mol. The molecule has 0 unspecified atom stereocenters. The molecule has 11 heteroatoms. The Labute approximate surface area is 356 Å². The highest BCUT2D eigenvalue weighted by atomic mass is 16.4. The van der Waals surface area contributed by atoms with Gasteiger partial charge in [-0.2, -0.15) is 0 Å². The number of carboxylic acid groups (broad SMARTS) is 1. The SMILES string of the molecule is CCCC[C@H](O)[C@H](O)C=CC1=C(C[C@H](O)CO)[C@H](CC[C@H](O)[C@H]2N[C@H](C)CCC[C@H]2CC(=O)O)N[C@@H]2[C@@H](C#Cc3ccccc3CC1)C=CC[C@]2(O)Cc1ccc(O)cc1. The molecule has 60 heavy (non-hydrogen) atoms. The monoisotopic (exact) mass is 828 g/mol. The number of hydrogen-bond donors (Lipinski definition) is 10. The van der Waals surface area contributed by atoms with E-state index in [0.717, 1.165) is 53.5 Å². The predicted molar refractivity (Wildman–Crippen MR) is 233 cm³/mol. The molecule has 3 aliphatic rings. The minimum Gasteiger partial charge on any atom is -0.508 e. The van der Waals surface area contributed by atoms with Gasteiger partial charge in [-0.25, -0.2) is 0 Å². The van der Waals surface area contributed by atoms with Crippen molar-refractivity contribution in [1.82, 2.24) is 10.6 Å². The van der Waals surface area contributed by atoms with Gasteiger partial charge in [-0.15, -0.1) is 0 Å². The summed E-state index contributed by atoms with van der Waals surface area (Å²) in [5.74, 6) is 5.33. The van der Waals surface area contributed by atoms with Crippen LogP contribution in [0.3, 0.4) is 0 Å². The lowest BCUT2D eigenvalue weighted by Crippen LogP contribution is -2.60. The number of aryl methyl sites for hydroxylation is 1. The fraction of sp³-hybridized carbons (Fsp3) is 0.571. The Morgan fingerprint density at radius 1 is 1.02 bits per heavy atom. The summed E-state index contributed by atoms with van der Waals surface area (Å²) in [4.78, 5) is 12.0. The zero-order chi connectivity index (χ0) is 43.2. The molecule has 0 bridgehead atoms. The number of aliphatic hydroxyl groups excluding tert-OH is 5. The minimum absolute atomic E-state index is 0.0374. The van der Waals surface area contributed by atoms with Crippen molar-refractivity contribution in [3.05, 3.63) is 101 Å². The lowest BCUT2D eigenvalue weighted by atomic mass is 9.73. The Morgan fingerprint density at radius 3 is 2.52 bits per heavy atom. The molecule has 0 aromatic heterocycles. The van der Waals surface area contributed by atoms with Crippen molar-refractivity contribution in [3.8, 4) is 17.6 Å². The maximum atomic E-state index is 12.8. The number of carbonyl (C=O) groups is 1. The van der Waals surface area contributed by atoms with Crippen LogP contribution >= 0.6 is 0 Å². The van der Waals surface area contributed by atoms with Gasteiger partial charge in [-0.3, -0.25) is 4.79 Å². The molecule has 2 aromatic carbocycles. The van der Waals surface area contributed by atoms with E-state index >= 15 is 0 Å². The lowest BCUT2D eigenvalue weighted by molar-refractivity contribution is -0.138. The summed E-state index contributed by atoms with van der Waals surface area (Å²) in [5.41, 5.74) is 2.77. The number of benzene rings is 2. The van der Waals surface area contributed by atoms with Crippen LogP contribution in [0.5, 0.6) is 5.75 Å². The van der Waals surface area contributed by atoms with Crippen LogP contribution in [0.2, 0.25) is 0 Å². The number of fused-ring (bicyclic) bond motifs is 2. The van der Waals surface area contributed by atoms with Gasteiger partial charge in [-0.05, 0) is 111 Å². The second-order valence-electron chi connectivity index (χ2n) is 17.4. The molecular weight excluding hydrogens is 761 g/mol. The van der Waals surface area contributed by atoms with E-state index in [2.05, 4.69) is 22.5 Å². The first-order valence-electron chi connectivity index (χ1n) is 22.0. The number of phenols is 1. The van der Waals surface area contributed by atoms with Crippen LogP contribution in [0, 0.1) is 23.7 Å². The van der Waals surface area contributed by atoms with Crippen LogP contribution in [0.4, 0.5) is 0 Å². The molecule has 1 saturated heterocycles. The first kappa shape index (κ1) is 47.2. The third-order valence-electron chi connectivity index (χ3n) is 12.7. The number of unbranched alkanes of at least 4 members (excludes halogenated alkanes) is 1. The summed E-state index contributed by atoms with van der Waals surface area (Å²) in [6.07, 6.45) is 9.62. The van der Waals surface area contributed by atoms with Gasteiger partial charge in [0.1, 0.15) is 5.75 Å². The average Bonchev–Trinajstić information content (AvgIpc) is 3.41. The predicted octanol–water partition coefficient (Wildman–Crippen LogP) is 4.84. The fourth-order valence-electron chi connectivity index (χ4n) is 9.30. The van der Waals surface area contributed by atoms with Gasteiger partial charge in [0, 0.05) is 36.5 Å². The third kappa shape index (κ3) is 13.3. The van der Waals surface area contributed by atoms with Gasteiger partial charge in [-0.1, -0.05) is 92.7 Å². The largest absolute Gasteiger partial charge is 0.508 e. The van der Waals surface area contributed by atoms with Crippen molar-refractivity contribution in [3.63, 3.8) is 0 Å². The van der Waals surface area contributed by atoms with E-state index in [-0.39, 0.29) is 43.4 Å². The first-order valence-corrected chi connectivity index (χ1v) is 22.0. The summed E-state index contributed by atoms with van der Waals surface area (Å²) in [5, 5.41) is 95.5. The number of phenolic OH excluding ortho intramolecular Hbond substituents is 1. The molecule has 0 amide bonds. The van der Waals surface area contributed by atoms with Crippen molar-refractivity contribution in [2.24, 2.45) is 11.8 Å². The molecule has 5 rings (SSSR count). The Bertz CT molecular complexity index is 1830. The number of aliphatic hydroxyl groups is 6. The number of rotatable bonds is 17. The second kappa shape index (κ2) is 22.9. The van der Waals surface area contributed by atoms with Crippen LogP contribution < -0.4 is 10.6 Å². The van der Waals surface area contributed by atoms with Crippen LogP contribution in [-0.2, 0) is 17.6 Å². The van der Waals surface area contributed by atoms with Crippen molar-refractivity contribution >= 4 is 5.97 Å². The van der Waals surface area contributed by atoms with E-state index in [1.807, 2.05) is 56.3 Å². The number of nitrogens with one attached hydrogen (secondary N) is 2. The molecule has 2 aromatic rings. The molecule has 2 aliphatic heterocycles. The van der Waals surface area contributed by atoms with E-state index in [4.69, 9.17) is 0 Å². The smallest absolute Gasteiger partial charge is 0.303 e. The number of hydrogen-bond acceptors (Lipinski definition) is 10. The van der Waals surface area contributed by atoms with Crippen molar-refractivity contribution in [2.75, 3.05) is 6.61 Å². The van der Waals surface area contributed by atoms with Crippen molar-refractivity contribution in [1.29, 1.82) is 0 Å². The Morgan fingerprint density at radius 2 is 1.78 bits per heavy atom. The van der Waals surface area contributed by atoms with Crippen molar-refractivity contribution in [2.45, 2.75) is 158 Å². The minimum atomic E-state index is -1.38. The highest BCUT2D eigenvalue weighted by Crippen LogP contribution is 2.36. The number of aliphatic carboxylic acids is 1. The molecule has 328 valence electrons. The molecule has 0 spiro atoms. The third-order valence-corrected chi connectivity index (χ3v) is 12.7. The van der Waals surface area contributed by atoms with Crippen LogP contribution in [0.15, 0.2) is 84.0 Å². The van der Waals surface area contributed by atoms with Crippen LogP contribution in [0.25, 0.3) is 0 Å². The summed E-state index contributed by atoms with van der Waals surface area (Å²) < 4.78 is 0. The van der Waals surface area contributed by atoms with Gasteiger partial charge in [0.25, 0.3) is 0 Å². The lowest BCUT2D eigenvalue weighted by Gasteiger charge is -2.44. The van der Waals surface area contributed by atoms with Gasteiger partial charge >= 0.3 is 5.97 Å². The molecular formula is C49H68N2O9. The Kier molecular flexibility index (Phi) is 18.0. The maximum absolute atomic E-state index is 12.8. The fourth-order valence-corrected chi connectivity index (χ4v) is 9.30. The van der Waals surface area contributed by atoms with Crippen LogP contribution in [-0.4, -0.2) is 108 Å². The highest BCUT2D eigenvalue weighted by Gasteiger charge is 2.44. The van der Waals surface area contributed by atoms with E-state index in [9.17, 15) is 45.6 Å². The molecule has 1 aliphatic carbocycles. The van der Waals surface area contributed by atoms with E-state index in [1.165, 1.54) is 0 Å². The van der Waals surface area contributed by atoms with E-state index < -0.39 is 66.6 Å². The molecule has 1 fully saturated rings. The molecule has 0 radical (unpaired) electrons. The van der Waals surface area contributed by atoms with E-state index in [1.54, 1.807) is 30.3 Å². The van der Waals surface area contributed by atoms with Gasteiger partial charge in [0.05, 0.1) is 48.6 Å². The number of aromatic hydroxyl groups is 1. The van der Waals surface area contributed by atoms with Crippen LogP contribution in [0.1, 0.15) is 108 Å². The summed E-state index contributed by atoms with van der Waals surface area (Å²) in [6.45, 7) is 3.56. The highest BCUT2D eigenvalue weighted by molar-refractivity contribution is 5.67. The van der Waals surface area contributed by atoms with E-state index in [0.29, 0.717) is 38.5 Å². The standard InChI is InChI=1S/C49H68N2O9/c1-3-4-14-43(55)44(56)25-21-36-19-17-34-10-5-6-11-35(34)18-20-37-13-8-27-49(60,30-33-15-22-39(53)23-16-33)48(37)51-42(41(36)29-40(54)31-52)24-26-45(57)47-38(28-46(58)59)12-7-9-32(2)50-47/h5-6,8,10-11,13,15-16,21-23,25,32,37-38,40,42-45,47-48,50-57,60H,3-4,7,9,12,14,17,19,24,26-31H2,1-2H3,(H,58,59)/t32-,37-,38+,40+,42+,43+,44-,45+,47+,48-,49+/m1/s1. The molecule has 11 nitrogen and oxygen atoms in total. The molecule has 0 saturated carbocycles. The summed E-state index contributed by atoms with van der Waals surface area (Å²) in [6, 6.07) is 13.0. The molecule has 2 heterocycles. The number of carboxylic acids is 1.